The molecule has 3 rings (SSSR count). The molecule has 0 unspecified atom stereocenters. The van der Waals surface area contributed by atoms with Crippen LogP contribution >= 0.6 is 0 Å². The fraction of sp³-hybridized carbons (Fsp3) is 0.350. The van der Waals surface area contributed by atoms with Gasteiger partial charge in [0.15, 0.2) is 0 Å². The van der Waals surface area contributed by atoms with E-state index in [4.69, 9.17) is 0 Å². The molecule has 23 heavy (non-hydrogen) atoms. The van der Waals surface area contributed by atoms with E-state index in [1.165, 1.54) is 16.8 Å². The van der Waals surface area contributed by atoms with E-state index in [0.717, 1.165) is 38.0 Å². The van der Waals surface area contributed by atoms with Crippen LogP contribution in [0, 0.1) is 6.92 Å². The Hall–Kier alpha value is -2.13. The van der Waals surface area contributed by atoms with Gasteiger partial charge in [0.1, 0.15) is 6.29 Å². The first-order chi connectivity index (χ1) is 11.2. The van der Waals surface area contributed by atoms with Crippen molar-refractivity contribution in [3.05, 3.63) is 65.2 Å². The standard InChI is InChI=1S/C20H24N2O/c1-16-14-18(15-23)8-9-20(16)22-12-10-21(11-13-22)17(2)19-6-4-3-5-7-19/h3-9,14-15,17H,10-13H2,1-2H3/t17-/m1/s1. The number of aryl methyl sites for hydroxylation is 1. The number of carbonyl (C=O) groups excluding carboxylic acids is 1. The summed E-state index contributed by atoms with van der Waals surface area (Å²) in [4.78, 5) is 15.9. The second kappa shape index (κ2) is 6.97. The van der Waals surface area contributed by atoms with Crippen molar-refractivity contribution in [1.29, 1.82) is 0 Å². The van der Waals surface area contributed by atoms with Crippen LogP contribution in [0.4, 0.5) is 5.69 Å². The number of hydrogen-bond acceptors (Lipinski definition) is 3. The molecule has 2 aromatic rings. The van der Waals surface area contributed by atoms with Crippen LogP contribution in [0.25, 0.3) is 0 Å². The lowest BCUT2D eigenvalue weighted by Crippen LogP contribution is -2.47. The summed E-state index contributed by atoms with van der Waals surface area (Å²) >= 11 is 0. The highest BCUT2D eigenvalue weighted by Crippen LogP contribution is 2.26. The normalized spacial score (nSPS) is 17.0. The lowest BCUT2D eigenvalue weighted by Gasteiger charge is -2.39. The monoisotopic (exact) mass is 308 g/mol. The molecule has 120 valence electrons. The molecule has 0 N–H and O–H groups in total. The third-order valence-corrected chi connectivity index (χ3v) is 4.84. The highest BCUT2D eigenvalue weighted by atomic mass is 16.1. The van der Waals surface area contributed by atoms with E-state index >= 15 is 0 Å². The minimum atomic E-state index is 0.455. The number of rotatable bonds is 4. The van der Waals surface area contributed by atoms with Gasteiger partial charge in [0, 0.05) is 43.5 Å². The zero-order chi connectivity index (χ0) is 16.2. The summed E-state index contributed by atoms with van der Waals surface area (Å²) in [6.07, 6.45) is 0.913. The molecule has 3 heteroatoms. The van der Waals surface area contributed by atoms with Crippen LogP contribution in [-0.4, -0.2) is 37.4 Å². The molecule has 0 amide bonds. The Balaban J connectivity index is 1.65. The molecule has 3 nitrogen and oxygen atoms in total. The largest absolute Gasteiger partial charge is 0.369 e. The first-order valence-electron chi connectivity index (χ1n) is 8.29. The predicted molar refractivity (Wildman–Crippen MR) is 95.2 cm³/mol. The maximum atomic E-state index is 10.9. The van der Waals surface area contributed by atoms with Gasteiger partial charge in [-0.25, -0.2) is 0 Å². The van der Waals surface area contributed by atoms with Crippen molar-refractivity contribution in [3.63, 3.8) is 0 Å². The molecule has 0 radical (unpaired) electrons. The van der Waals surface area contributed by atoms with E-state index in [0.29, 0.717) is 6.04 Å². The Bertz CT molecular complexity index is 661. The summed E-state index contributed by atoms with van der Waals surface area (Å²) in [5.74, 6) is 0. The Morgan fingerprint density at radius 2 is 1.70 bits per heavy atom. The lowest BCUT2D eigenvalue weighted by molar-refractivity contribution is 0.112. The van der Waals surface area contributed by atoms with Gasteiger partial charge in [0.05, 0.1) is 0 Å². The average Bonchev–Trinajstić information content (AvgIpc) is 2.62. The van der Waals surface area contributed by atoms with Crippen LogP contribution in [-0.2, 0) is 0 Å². The van der Waals surface area contributed by atoms with Crippen LogP contribution in [0.5, 0.6) is 0 Å². The molecule has 0 bridgehead atoms. The van der Waals surface area contributed by atoms with Crippen LogP contribution in [0.3, 0.4) is 0 Å². The van der Waals surface area contributed by atoms with Gasteiger partial charge in [-0.3, -0.25) is 9.69 Å². The number of piperazine rings is 1. The van der Waals surface area contributed by atoms with Crippen molar-refractivity contribution in [2.75, 3.05) is 31.1 Å². The summed E-state index contributed by atoms with van der Waals surface area (Å²) in [6, 6.07) is 17.1. The van der Waals surface area contributed by atoms with Gasteiger partial charge in [-0.1, -0.05) is 30.3 Å². The summed E-state index contributed by atoms with van der Waals surface area (Å²) < 4.78 is 0. The van der Waals surface area contributed by atoms with Crippen molar-refractivity contribution < 1.29 is 4.79 Å². The highest BCUT2D eigenvalue weighted by Gasteiger charge is 2.22. The minimum Gasteiger partial charge on any atom is -0.369 e. The second-order valence-electron chi connectivity index (χ2n) is 6.27. The molecule has 0 spiro atoms. The van der Waals surface area contributed by atoms with Gasteiger partial charge in [-0.05, 0) is 43.2 Å². The van der Waals surface area contributed by atoms with Gasteiger partial charge >= 0.3 is 0 Å². The van der Waals surface area contributed by atoms with Gasteiger partial charge in [0.25, 0.3) is 0 Å². The quantitative estimate of drug-likeness (QED) is 0.805. The van der Waals surface area contributed by atoms with Crippen LogP contribution < -0.4 is 4.90 Å². The Morgan fingerprint density at radius 3 is 2.30 bits per heavy atom. The molecule has 1 saturated heterocycles. The van der Waals surface area contributed by atoms with E-state index in [1.807, 2.05) is 12.1 Å². The van der Waals surface area contributed by atoms with Crippen molar-refractivity contribution >= 4 is 12.0 Å². The molecule has 0 aliphatic carbocycles. The van der Waals surface area contributed by atoms with E-state index in [2.05, 4.69) is 60.0 Å². The zero-order valence-electron chi connectivity index (χ0n) is 13.9. The molecule has 0 aromatic heterocycles. The summed E-state index contributed by atoms with van der Waals surface area (Å²) in [6.45, 7) is 8.54. The van der Waals surface area contributed by atoms with Crippen molar-refractivity contribution in [2.24, 2.45) is 0 Å². The molecule has 1 aliphatic rings. The maximum absolute atomic E-state index is 10.9. The van der Waals surface area contributed by atoms with Gasteiger partial charge in [-0.15, -0.1) is 0 Å². The van der Waals surface area contributed by atoms with Crippen molar-refractivity contribution in [1.82, 2.24) is 4.90 Å². The lowest BCUT2D eigenvalue weighted by atomic mass is 10.1. The third kappa shape index (κ3) is 3.45. The second-order valence-corrected chi connectivity index (χ2v) is 6.27. The molecule has 1 heterocycles. The molecular weight excluding hydrogens is 284 g/mol. The number of benzene rings is 2. The number of hydrogen-bond donors (Lipinski definition) is 0. The molecule has 1 fully saturated rings. The molecule has 0 saturated carbocycles. The van der Waals surface area contributed by atoms with Gasteiger partial charge in [-0.2, -0.15) is 0 Å². The molecule has 1 aliphatic heterocycles. The summed E-state index contributed by atoms with van der Waals surface area (Å²) in [5, 5.41) is 0. The number of aldehydes is 1. The number of carbonyl (C=O) groups is 1. The van der Waals surface area contributed by atoms with E-state index in [1.54, 1.807) is 0 Å². The zero-order valence-corrected chi connectivity index (χ0v) is 13.9. The molecule has 1 atom stereocenters. The number of anilines is 1. The predicted octanol–water partition coefficient (Wildman–Crippen LogP) is 3.69. The third-order valence-electron chi connectivity index (χ3n) is 4.84. The summed E-state index contributed by atoms with van der Waals surface area (Å²) in [5.41, 5.74) is 4.57. The topological polar surface area (TPSA) is 23.6 Å². The Labute approximate surface area is 138 Å². The van der Waals surface area contributed by atoms with E-state index in [9.17, 15) is 4.79 Å². The first kappa shape index (κ1) is 15.8. The fourth-order valence-corrected chi connectivity index (χ4v) is 3.40. The van der Waals surface area contributed by atoms with Crippen LogP contribution in [0.1, 0.15) is 34.5 Å². The molecular formula is C20H24N2O. The van der Waals surface area contributed by atoms with E-state index in [-0.39, 0.29) is 0 Å². The van der Waals surface area contributed by atoms with Crippen LogP contribution in [0.2, 0.25) is 0 Å². The minimum absolute atomic E-state index is 0.455. The average molecular weight is 308 g/mol. The Kier molecular flexibility index (Phi) is 4.77. The van der Waals surface area contributed by atoms with E-state index < -0.39 is 0 Å². The Morgan fingerprint density at radius 1 is 1.00 bits per heavy atom. The summed E-state index contributed by atoms with van der Waals surface area (Å²) in [7, 11) is 0. The SMILES string of the molecule is Cc1cc(C=O)ccc1N1CCN([C@H](C)c2ccccc2)CC1. The van der Waals surface area contributed by atoms with Gasteiger partial charge in [0.2, 0.25) is 0 Å². The fourth-order valence-electron chi connectivity index (χ4n) is 3.40. The van der Waals surface area contributed by atoms with Crippen molar-refractivity contribution in [2.45, 2.75) is 19.9 Å². The first-order valence-corrected chi connectivity index (χ1v) is 8.29. The maximum Gasteiger partial charge on any atom is 0.150 e. The highest BCUT2D eigenvalue weighted by molar-refractivity contribution is 5.77. The number of nitrogens with zero attached hydrogens (tertiary/aromatic N) is 2. The van der Waals surface area contributed by atoms with Gasteiger partial charge < -0.3 is 4.90 Å². The van der Waals surface area contributed by atoms with Crippen LogP contribution in [0.15, 0.2) is 48.5 Å². The van der Waals surface area contributed by atoms with Crippen molar-refractivity contribution in [3.8, 4) is 0 Å². The molecule has 2 aromatic carbocycles. The smallest absolute Gasteiger partial charge is 0.150 e.